The molecule has 5 heteroatoms. The van der Waals surface area contributed by atoms with Crippen LogP contribution in [0.3, 0.4) is 0 Å². The van der Waals surface area contributed by atoms with Gasteiger partial charge in [0, 0.05) is 19.0 Å². The van der Waals surface area contributed by atoms with Gasteiger partial charge in [0.05, 0.1) is 6.04 Å². The number of rotatable bonds is 2. The van der Waals surface area contributed by atoms with Crippen LogP contribution in [-0.4, -0.2) is 34.7 Å². The second-order valence-electron chi connectivity index (χ2n) is 8.78. The number of hydrogen-bond donors (Lipinski definition) is 0. The summed E-state index contributed by atoms with van der Waals surface area (Å²) in [6, 6.07) is 13.5. The minimum Gasteiger partial charge on any atom is -0.331 e. The van der Waals surface area contributed by atoms with Crippen molar-refractivity contribution in [2.75, 3.05) is 13.1 Å². The molecule has 0 aromatic heterocycles. The maximum atomic E-state index is 13.7. The Morgan fingerprint density at radius 1 is 0.967 bits per heavy atom. The number of nitrogens with zero attached hydrogens (tertiary/aromatic N) is 2. The topological polar surface area (TPSA) is 40.6 Å². The average Bonchev–Trinajstić information content (AvgIpc) is 2.79. The van der Waals surface area contributed by atoms with Crippen LogP contribution in [0.15, 0.2) is 48.5 Å². The standard InChI is InChI=1S/C25H27FN2O2/c26-20-12-10-18(11-13-20)23-25(30)27-15-14-17-6-4-5-9-21(17)22(27)16-28(23)24(29)19-7-2-1-3-8-19/h4-6,9-13,19,22-23H,1-3,7-8,14-16H2/t22-,23-/m0/s1. The van der Waals surface area contributed by atoms with Crippen molar-refractivity contribution in [3.05, 3.63) is 71.0 Å². The van der Waals surface area contributed by atoms with E-state index >= 15 is 0 Å². The van der Waals surface area contributed by atoms with Crippen LogP contribution in [0, 0.1) is 11.7 Å². The van der Waals surface area contributed by atoms with Crippen molar-refractivity contribution in [3.8, 4) is 0 Å². The first-order valence-corrected chi connectivity index (χ1v) is 11.1. The highest BCUT2D eigenvalue weighted by Crippen LogP contribution is 2.41. The van der Waals surface area contributed by atoms with E-state index in [0.29, 0.717) is 18.7 Å². The molecule has 3 aliphatic rings. The maximum absolute atomic E-state index is 13.7. The number of carbonyl (C=O) groups excluding carboxylic acids is 2. The molecular weight excluding hydrogens is 379 g/mol. The highest BCUT2D eigenvalue weighted by molar-refractivity contribution is 5.91. The van der Waals surface area contributed by atoms with Crippen molar-refractivity contribution in [1.82, 2.24) is 9.80 Å². The van der Waals surface area contributed by atoms with Crippen molar-refractivity contribution in [1.29, 1.82) is 0 Å². The van der Waals surface area contributed by atoms with E-state index in [1.165, 1.54) is 24.1 Å². The van der Waals surface area contributed by atoms with E-state index in [1.807, 2.05) is 17.0 Å². The van der Waals surface area contributed by atoms with Crippen LogP contribution >= 0.6 is 0 Å². The van der Waals surface area contributed by atoms with Crippen LogP contribution in [-0.2, 0) is 16.0 Å². The summed E-state index contributed by atoms with van der Waals surface area (Å²) >= 11 is 0. The van der Waals surface area contributed by atoms with E-state index in [1.54, 1.807) is 17.0 Å². The summed E-state index contributed by atoms with van der Waals surface area (Å²) in [7, 11) is 0. The number of fused-ring (bicyclic) bond motifs is 3. The lowest BCUT2D eigenvalue weighted by Crippen LogP contribution is -2.58. The third-order valence-electron chi connectivity index (χ3n) is 7.03. The molecule has 156 valence electrons. The Bertz CT molecular complexity index is 952. The zero-order valence-corrected chi connectivity index (χ0v) is 17.1. The SMILES string of the molecule is O=C(C1CCCCC1)N1C[C@H]2c3ccccc3CCN2C(=O)[C@@H]1c1ccc(F)cc1. The minimum atomic E-state index is -0.665. The van der Waals surface area contributed by atoms with Crippen molar-refractivity contribution in [3.63, 3.8) is 0 Å². The van der Waals surface area contributed by atoms with Gasteiger partial charge in [-0.25, -0.2) is 4.39 Å². The molecule has 1 saturated carbocycles. The molecule has 0 radical (unpaired) electrons. The molecule has 1 saturated heterocycles. The molecule has 2 aromatic carbocycles. The summed E-state index contributed by atoms with van der Waals surface area (Å²) < 4.78 is 13.6. The summed E-state index contributed by atoms with van der Waals surface area (Å²) in [6.07, 6.45) is 5.92. The monoisotopic (exact) mass is 406 g/mol. The minimum absolute atomic E-state index is 0.0140. The lowest BCUT2D eigenvalue weighted by Gasteiger charge is -2.49. The van der Waals surface area contributed by atoms with Gasteiger partial charge in [-0.2, -0.15) is 0 Å². The zero-order valence-electron chi connectivity index (χ0n) is 17.1. The van der Waals surface area contributed by atoms with E-state index in [0.717, 1.165) is 37.7 Å². The zero-order chi connectivity index (χ0) is 20.7. The van der Waals surface area contributed by atoms with Gasteiger partial charge in [-0.05, 0) is 48.1 Å². The molecule has 30 heavy (non-hydrogen) atoms. The molecule has 5 rings (SSSR count). The first-order chi connectivity index (χ1) is 14.6. The predicted molar refractivity (Wildman–Crippen MR) is 112 cm³/mol. The molecule has 0 spiro atoms. The molecule has 2 aliphatic heterocycles. The molecule has 2 fully saturated rings. The van der Waals surface area contributed by atoms with Gasteiger partial charge < -0.3 is 9.80 Å². The van der Waals surface area contributed by atoms with Gasteiger partial charge in [0.15, 0.2) is 0 Å². The smallest absolute Gasteiger partial charge is 0.250 e. The van der Waals surface area contributed by atoms with Crippen molar-refractivity contribution in [2.24, 2.45) is 5.92 Å². The molecule has 2 heterocycles. The third-order valence-corrected chi connectivity index (χ3v) is 7.03. The Hall–Kier alpha value is -2.69. The van der Waals surface area contributed by atoms with E-state index in [2.05, 4.69) is 12.1 Å². The molecule has 2 aromatic rings. The van der Waals surface area contributed by atoms with Crippen LogP contribution in [0.5, 0.6) is 0 Å². The Labute approximate surface area is 176 Å². The van der Waals surface area contributed by atoms with Gasteiger partial charge in [0.25, 0.3) is 5.91 Å². The van der Waals surface area contributed by atoms with Crippen LogP contribution in [0.1, 0.15) is 60.9 Å². The lowest BCUT2D eigenvalue weighted by atomic mass is 9.84. The first kappa shape index (κ1) is 19.3. The van der Waals surface area contributed by atoms with E-state index in [9.17, 15) is 14.0 Å². The molecule has 2 amide bonds. The van der Waals surface area contributed by atoms with Crippen LogP contribution in [0.25, 0.3) is 0 Å². The first-order valence-electron chi connectivity index (χ1n) is 11.1. The van der Waals surface area contributed by atoms with Gasteiger partial charge >= 0.3 is 0 Å². The van der Waals surface area contributed by atoms with Crippen molar-refractivity contribution >= 4 is 11.8 Å². The number of piperazine rings is 1. The Morgan fingerprint density at radius 2 is 1.70 bits per heavy atom. The fourth-order valence-corrected chi connectivity index (χ4v) is 5.46. The van der Waals surface area contributed by atoms with Crippen LogP contribution < -0.4 is 0 Å². The normalized spacial score (nSPS) is 24.4. The highest BCUT2D eigenvalue weighted by Gasteiger charge is 2.46. The summed E-state index contributed by atoms with van der Waals surface area (Å²) in [5.74, 6) is -0.312. The van der Waals surface area contributed by atoms with Gasteiger partial charge in [-0.1, -0.05) is 55.7 Å². The van der Waals surface area contributed by atoms with E-state index in [4.69, 9.17) is 0 Å². The van der Waals surface area contributed by atoms with Crippen molar-refractivity contribution in [2.45, 2.75) is 50.6 Å². The van der Waals surface area contributed by atoms with E-state index in [-0.39, 0.29) is 29.6 Å². The molecule has 0 bridgehead atoms. The summed E-state index contributed by atoms with van der Waals surface area (Å²) in [6.45, 7) is 1.16. The van der Waals surface area contributed by atoms with Gasteiger partial charge in [0.1, 0.15) is 11.9 Å². The van der Waals surface area contributed by atoms with Gasteiger partial charge in [-0.3, -0.25) is 9.59 Å². The molecule has 1 aliphatic carbocycles. The van der Waals surface area contributed by atoms with Gasteiger partial charge in [0.2, 0.25) is 5.91 Å². The quantitative estimate of drug-likeness (QED) is 0.741. The molecular formula is C25H27FN2O2. The number of halogens is 1. The third kappa shape index (κ3) is 3.30. The number of benzene rings is 2. The summed E-state index contributed by atoms with van der Waals surface area (Å²) in [5.41, 5.74) is 3.11. The number of hydrogen-bond acceptors (Lipinski definition) is 2. The lowest BCUT2D eigenvalue weighted by molar-refractivity contribution is -0.159. The molecule has 4 nitrogen and oxygen atoms in total. The Balaban J connectivity index is 1.54. The van der Waals surface area contributed by atoms with Gasteiger partial charge in [-0.15, -0.1) is 0 Å². The fourth-order valence-electron chi connectivity index (χ4n) is 5.46. The maximum Gasteiger partial charge on any atom is 0.250 e. The number of carbonyl (C=O) groups is 2. The predicted octanol–water partition coefficient (Wildman–Crippen LogP) is 4.42. The summed E-state index contributed by atoms with van der Waals surface area (Å²) in [5, 5.41) is 0. The van der Waals surface area contributed by atoms with Crippen molar-refractivity contribution < 1.29 is 14.0 Å². The summed E-state index contributed by atoms with van der Waals surface area (Å²) in [4.78, 5) is 31.0. The molecule has 2 atom stereocenters. The van der Waals surface area contributed by atoms with E-state index < -0.39 is 6.04 Å². The molecule has 0 unspecified atom stereocenters. The van der Waals surface area contributed by atoms with Crippen LogP contribution in [0.2, 0.25) is 0 Å². The Kier molecular flexibility index (Phi) is 5.05. The Morgan fingerprint density at radius 3 is 2.47 bits per heavy atom. The fraction of sp³-hybridized carbons (Fsp3) is 0.440. The average molecular weight is 407 g/mol. The highest BCUT2D eigenvalue weighted by atomic mass is 19.1. The number of amides is 2. The second-order valence-corrected chi connectivity index (χ2v) is 8.78. The van der Waals surface area contributed by atoms with Crippen LogP contribution in [0.4, 0.5) is 4.39 Å². The second kappa shape index (κ2) is 7.86. The molecule has 0 N–H and O–H groups in total. The largest absolute Gasteiger partial charge is 0.331 e.